The van der Waals surface area contributed by atoms with Gasteiger partial charge in [-0.3, -0.25) is 4.79 Å². The molecule has 0 spiro atoms. The molecule has 0 bridgehead atoms. The highest BCUT2D eigenvalue weighted by Gasteiger charge is 2.28. The van der Waals surface area contributed by atoms with E-state index in [0.717, 1.165) is 25.3 Å². The van der Waals surface area contributed by atoms with Gasteiger partial charge in [-0.05, 0) is 44.9 Å². The van der Waals surface area contributed by atoms with Gasteiger partial charge in [0.2, 0.25) is 0 Å². The zero-order valence-electron chi connectivity index (χ0n) is 13.1. The lowest BCUT2D eigenvalue weighted by atomic mass is 9.96. The molecule has 21 heavy (non-hydrogen) atoms. The van der Waals surface area contributed by atoms with Crippen molar-refractivity contribution >= 4 is 11.7 Å². The summed E-state index contributed by atoms with van der Waals surface area (Å²) in [4.78, 5) is 13.8. The molecule has 2 heterocycles. The third kappa shape index (κ3) is 3.69. The second kappa shape index (κ2) is 7.36. The molecule has 1 amide bonds. The molecular weight excluding hydrogens is 266 g/mol. The van der Waals surface area contributed by atoms with Gasteiger partial charge in [-0.15, -0.1) is 10.2 Å². The summed E-state index contributed by atoms with van der Waals surface area (Å²) in [5.41, 5.74) is 0.356. The summed E-state index contributed by atoms with van der Waals surface area (Å²) < 4.78 is 0. The Hall–Kier alpha value is -1.69. The number of piperidine rings is 1. The smallest absolute Gasteiger partial charge is 0.271 e. The fourth-order valence-electron chi connectivity index (χ4n) is 2.95. The van der Waals surface area contributed by atoms with E-state index in [1.54, 1.807) is 13.1 Å². The summed E-state index contributed by atoms with van der Waals surface area (Å²) in [5, 5.41) is 14.4. The highest BCUT2D eigenvalue weighted by molar-refractivity contribution is 5.91. The molecule has 0 aromatic carbocycles. The highest BCUT2D eigenvalue weighted by Crippen LogP contribution is 2.24. The number of carbonyl (C=O) groups excluding carboxylic acids is 1. The maximum absolute atomic E-state index is 11.5. The fraction of sp³-hybridized carbons (Fsp3) is 0.667. The molecule has 2 unspecified atom stereocenters. The summed E-state index contributed by atoms with van der Waals surface area (Å²) >= 11 is 0. The summed E-state index contributed by atoms with van der Waals surface area (Å²) in [7, 11) is 1.59. The Morgan fingerprint density at radius 2 is 2.24 bits per heavy atom. The van der Waals surface area contributed by atoms with Gasteiger partial charge in [-0.2, -0.15) is 0 Å². The van der Waals surface area contributed by atoms with Crippen LogP contribution in [0.1, 0.15) is 43.6 Å². The molecule has 6 nitrogen and oxygen atoms in total. The largest absolute Gasteiger partial charge is 0.354 e. The van der Waals surface area contributed by atoms with E-state index in [2.05, 4.69) is 39.6 Å². The van der Waals surface area contributed by atoms with Gasteiger partial charge in [-0.25, -0.2) is 0 Å². The predicted octanol–water partition coefficient (Wildman–Crippen LogP) is 1.19. The summed E-state index contributed by atoms with van der Waals surface area (Å²) in [6, 6.07) is 4.48. The van der Waals surface area contributed by atoms with Gasteiger partial charge in [0.1, 0.15) is 0 Å². The Morgan fingerprint density at radius 3 is 2.86 bits per heavy atom. The predicted molar refractivity (Wildman–Crippen MR) is 83.5 cm³/mol. The zero-order chi connectivity index (χ0) is 15.2. The van der Waals surface area contributed by atoms with Gasteiger partial charge >= 0.3 is 0 Å². The number of aromatic nitrogens is 2. The van der Waals surface area contributed by atoms with Crippen molar-refractivity contribution in [2.75, 3.05) is 25.0 Å². The van der Waals surface area contributed by atoms with Crippen molar-refractivity contribution in [3.63, 3.8) is 0 Å². The second-order valence-electron chi connectivity index (χ2n) is 5.46. The molecule has 0 radical (unpaired) electrons. The zero-order valence-corrected chi connectivity index (χ0v) is 13.1. The Balaban J connectivity index is 2.15. The fourth-order valence-corrected chi connectivity index (χ4v) is 2.95. The minimum Gasteiger partial charge on any atom is -0.354 e. The van der Waals surface area contributed by atoms with E-state index in [1.165, 1.54) is 12.8 Å². The maximum Gasteiger partial charge on any atom is 0.271 e. The number of carbonyl (C=O) groups is 1. The first-order chi connectivity index (χ1) is 10.2. The Morgan fingerprint density at radius 1 is 1.43 bits per heavy atom. The number of hydrogen-bond donors (Lipinski definition) is 2. The number of amides is 1. The number of nitrogens with one attached hydrogen (secondary N) is 2. The molecule has 2 N–H and O–H groups in total. The SMILES string of the molecule is CCNC(C)C1CCCCN1c1ccc(C(=O)NC)nn1. The monoisotopic (exact) mass is 291 g/mol. The second-order valence-corrected chi connectivity index (χ2v) is 5.46. The van der Waals surface area contributed by atoms with E-state index in [9.17, 15) is 4.79 Å². The quantitative estimate of drug-likeness (QED) is 0.853. The molecule has 6 heteroatoms. The molecule has 1 fully saturated rings. The summed E-state index contributed by atoms with van der Waals surface area (Å²) in [5.74, 6) is 0.655. The minimum atomic E-state index is -0.203. The molecule has 2 rings (SSSR count). The van der Waals surface area contributed by atoms with Crippen LogP contribution in [0.3, 0.4) is 0 Å². The highest BCUT2D eigenvalue weighted by atomic mass is 16.1. The van der Waals surface area contributed by atoms with Crippen LogP contribution in [-0.2, 0) is 0 Å². The molecule has 2 atom stereocenters. The number of likely N-dealkylation sites (N-methyl/N-ethyl adjacent to an activating group) is 1. The van der Waals surface area contributed by atoms with Crippen LogP contribution in [0.4, 0.5) is 5.82 Å². The van der Waals surface area contributed by atoms with Crippen molar-refractivity contribution in [1.29, 1.82) is 0 Å². The van der Waals surface area contributed by atoms with Crippen LogP contribution in [0.5, 0.6) is 0 Å². The van der Waals surface area contributed by atoms with Gasteiger partial charge in [0, 0.05) is 25.7 Å². The lowest BCUT2D eigenvalue weighted by Crippen LogP contribution is -2.51. The van der Waals surface area contributed by atoms with Crippen LogP contribution in [0, 0.1) is 0 Å². The Bertz CT molecular complexity index is 462. The third-order valence-corrected chi connectivity index (χ3v) is 4.06. The number of rotatable bonds is 5. The minimum absolute atomic E-state index is 0.203. The van der Waals surface area contributed by atoms with Crippen LogP contribution in [0.2, 0.25) is 0 Å². The van der Waals surface area contributed by atoms with Gasteiger partial charge in [-0.1, -0.05) is 6.92 Å². The Kier molecular flexibility index (Phi) is 5.50. The first-order valence-electron chi connectivity index (χ1n) is 7.73. The van der Waals surface area contributed by atoms with Crippen molar-refractivity contribution in [1.82, 2.24) is 20.8 Å². The van der Waals surface area contributed by atoms with Gasteiger partial charge in [0.05, 0.1) is 0 Å². The van der Waals surface area contributed by atoms with Crippen LogP contribution in [0.15, 0.2) is 12.1 Å². The molecule has 0 saturated carbocycles. The summed E-state index contributed by atoms with van der Waals surface area (Å²) in [6.45, 7) is 6.31. The maximum atomic E-state index is 11.5. The standard InChI is InChI=1S/C15H25N5O/c1-4-17-11(2)13-7-5-6-10-20(13)14-9-8-12(18-19-14)15(21)16-3/h8-9,11,13,17H,4-7,10H2,1-3H3,(H,16,21). The molecule has 0 aliphatic carbocycles. The Labute approximate surface area is 126 Å². The van der Waals surface area contributed by atoms with Gasteiger partial charge in [0.25, 0.3) is 5.91 Å². The van der Waals surface area contributed by atoms with E-state index in [0.29, 0.717) is 17.8 Å². The number of anilines is 1. The van der Waals surface area contributed by atoms with Crippen molar-refractivity contribution < 1.29 is 4.79 Å². The van der Waals surface area contributed by atoms with Gasteiger partial charge < -0.3 is 15.5 Å². The lowest BCUT2D eigenvalue weighted by Gasteiger charge is -2.40. The third-order valence-electron chi connectivity index (χ3n) is 4.06. The average Bonchev–Trinajstić information content (AvgIpc) is 2.54. The molecule has 1 aromatic heterocycles. The number of nitrogens with zero attached hydrogens (tertiary/aromatic N) is 3. The van der Waals surface area contributed by atoms with Crippen molar-refractivity contribution in [2.24, 2.45) is 0 Å². The van der Waals surface area contributed by atoms with Crippen molar-refractivity contribution in [3.05, 3.63) is 17.8 Å². The van der Waals surface area contributed by atoms with Crippen molar-refractivity contribution in [3.8, 4) is 0 Å². The van der Waals surface area contributed by atoms with Crippen LogP contribution in [0.25, 0.3) is 0 Å². The van der Waals surface area contributed by atoms with Crippen LogP contribution >= 0.6 is 0 Å². The molecular formula is C15H25N5O. The van der Waals surface area contributed by atoms with Crippen LogP contribution in [-0.4, -0.2) is 48.3 Å². The molecule has 116 valence electrons. The molecule has 1 aliphatic rings. The molecule has 1 aromatic rings. The van der Waals surface area contributed by atoms with E-state index >= 15 is 0 Å². The van der Waals surface area contributed by atoms with Crippen LogP contribution < -0.4 is 15.5 Å². The topological polar surface area (TPSA) is 70.2 Å². The van der Waals surface area contributed by atoms with E-state index in [-0.39, 0.29) is 5.91 Å². The van der Waals surface area contributed by atoms with E-state index in [4.69, 9.17) is 0 Å². The lowest BCUT2D eigenvalue weighted by molar-refractivity contribution is 0.0957. The number of hydrogen-bond acceptors (Lipinski definition) is 5. The van der Waals surface area contributed by atoms with Crippen molar-refractivity contribution in [2.45, 2.75) is 45.2 Å². The average molecular weight is 291 g/mol. The first kappa shape index (κ1) is 15.7. The normalized spacial score (nSPS) is 20.1. The van der Waals surface area contributed by atoms with E-state index in [1.807, 2.05) is 6.07 Å². The van der Waals surface area contributed by atoms with Gasteiger partial charge in [0.15, 0.2) is 11.5 Å². The van der Waals surface area contributed by atoms with E-state index < -0.39 is 0 Å². The summed E-state index contributed by atoms with van der Waals surface area (Å²) in [6.07, 6.45) is 3.59. The first-order valence-corrected chi connectivity index (χ1v) is 7.73. The molecule has 1 aliphatic heterocycles. The molecule has 1 saturated heterocycles.